The average molecular weight is 521 g/mol. The molecule has 5 rings (SSSR count). The minimum atomic E-state index is -0.647. The van der Waals surface area contributed by atoms with Crippen LogP contribution in [0.1, 0.15) is 23.5 Å². The summed E-state index contributed by atoms with van der Waals surface area (Å²) >= 11 is 0. The summed E-state index contributed by atoms with van der Waals surface area (Å²) in [5.41, 5.74) is 9.24. The molecular formula is C27H33FN8O2. The third-order valence-corrected chi connectivity index (χ3v) is 6.41. The van der Waals surface area contributed by atoms with Crippen LogP contribution in [-0.4, -0.2) is 69.1 Å². The Kier molecular flexibility index (Phi) is 8.82. The van der Waals surface area contributed by atoms with Crippen molar-refractivity contribution in [3.05, 3.63) is 77.7 Å². The number of amides is 2. The smallest absolute Gasteiger partial charge is 0.317 e. The molecule has 1 atom stereocenters. The number of para-hydroxylation sites is 1. The summed E-state index contributed by atoms with van der Waals surface area (Å²) in [6.07, 6.45) is 2.74. The van der Waals surface area contributed by atoms with Crippen LogP contribution in [0.2, 0.25) is 0 Å². The number of hydrogen-bond acceptors (Lipinski definition) is 6. The van der Waals surface area contributed by atoms with Gasteiger partial charge >= 0.3 is 6.03 Å². The highest BCUT2D eigenvalue weighted by Crippen LogP contribution is 2.29. The number of likely N-dealkylation sites (tertiary alicyclic amines) is 1. The van der Waals surface area contributed by atoms with Gasteiger partial charge in [0.15, 0.2) is 0 Å². The van der Waals surface area contributed by atoms with E-state index in [1.165, 1.54) is 10.9 Å². The minimum Gasteiger partial charge on any atom is -0.383 e. The number of aromatic nitrogens is 5. The molecule has 200 valence electrons. The number of benzene rings is 2. The van der Waals surface area contributed by atoms with Crippen LogP contribution in [0.25, 0.3) is 17.1 Å². The number of nitrogens with one attached hydrogen (secondary N) is 1. The van der Waals surface area contributed by atoms with Crippen LogP contribution in [0.4, 0.5) is 15.0 Å². The lowest BCUT2D eigenvalue weighted by Gasteiger charge is -2.15. The zero-order valence-electron chi connectivity index (χ0n) is 21.8. The summed E-state index contributed by atoms with van der Waals surface area (Å²) in [6.45, 7) is 5.71. The van der Waals surface area contributed by atoms with Gasteiger partial charge < -0.3 is 15.4 Å². The van der Waals surface area contributed by atoms with Gasteiger partial charge in [0.1, 0.15) is 23.0 Å². The van der Waals surface area contributed by atoms with Crippen LogP contribution in [0.3, 0.4) is 0 Å². The first kappa shape index (κ1) is 27.0. The second kappa shape index (κ2) is 12.4. The fourth-order valence-electron chi connectivity index (χ4n) is 4.50. The van der Waals surface area contributed by atoms with Gasteiger partial charge in [-0.05, 0) is 55.6 Å². The lowest BCUT2D eigenvalue weighted by molar-refractivity contribution is 0.160. The summed E-state index contributed by atoms with van der Waals surface area (Å²) in [4.78, 5) is 15.1. The molecule has 2 aromatic heterocycles. The van der Waals surface area contributed by atoms with Gasteiger partial charge in [-0.1, -0.05) is 30.3 Å². The van der Waals surface area contributed by atoms with E-state index in [4.69, 9.17) is 10.5 Å². The van der Waals surface area contributed by atoms with Gasteiger partial charge in [-0.25, -0.2) is 13.9 Å². The summed E-state index contributed by atoms with van der Waals surface area (Å²) in [5.74, 6) is 0.861. The van der Waals surface area contributed by atoms with E-state index in [0.29, 0.717) is 23.1 Å². The number of ether oxygens (including phenoxy) is 1. The number of nitrogens with two attached hydrogens (primary N) is 1. The zero-order chi connectivity index (χ0) is 27.1. The highest BCUT2D eigenvalue weighted by molar-refractivity contribution is 5.89. The third-order valence-electron chi connectivity index (χ3n) is 6.41. The number of carbonyl (C=O) groups excluding carboxylic acids is 1. The molecule has 1 saturated heterocycles. The largest absolute Gasteiger partial charge is 0.383 e. The number of aryl methyl sites for hydroxylation is 1. The quantitative estimate of drug-likeness (QED) is 0.384. The molecule has 0 aliphatic carbocycles. The van der Waals surface area contributed by atoms with Gasteiger partial charge in [0, 0.05) is 32.8 Å². The summed E-state index contributed by atoms with van der Waals surface area (Å²) in [6, 6.07) is 15.8. The Balaban J connectivity index is 0.000000186. The highest BCUT2D eigenvalue weighted by Gasteiger charge is 2.23. The van der Waals surface area contributed by atoms with E-state index in [2.05, 4.69) is 25.5 Å². The fourth-order valence-corrected chi connectivity index (χ4v) is 4.50. The topological polar surface area (TPSA) is 116 Å². The maximum Gasteiger partial charge on any atom is 0.317 e. The molecule has 1 aliphatic heterocycles. The number of primary amides is 1. The molecule has 38 heavy (non-hydrogen) atoms. The number of rotatable bonds is 7. The lowest BCUT2D eigenvalue weighted by atomic mass is 9.98. The number of nitrogens with zero attached hydrogens (tertiary/aromatic N) is 6. The zero-order valence-corrected chi connectivity index (χ0v) is 21.8. The number of hydrogen-bond donors (Lipinski definition) is 2. The fraction of sp³-hybridized carbons (Fsp3) is 0.333. The maximum atomic E-state index is 13.1. The molecule has 2 aromatic carbocycles. The van der Waals surface area contributed by atoms with Crippen LogP contribution in [-0.2, 0) is 11.8 Å². The average Bonchev–Trinajstić information content (AvgIpc) is 3.63. The molecule has 4 aromatic rings. The molecule has 3 N–H and O–H groups in total. The van der Waals surface area contributed by atoms with Gasteiger partial charge in [-0.3, -0.25) is 5.32 Å². The Labute approximate surface area is 221 Å². The van der Waals surface area contributed by atoms with Crippen molar-refractivity contribution in [3.63, 3.8) is 0 Å². The Hall–Kier alpha value is -4.09. The van der Waals surface area contributed by atoms with E-state index in [0.717, 1.165) is 49.5 Å². The van der Waals surface area contributed by atoms with Crippen molar-refractivity contribution < 1.29 is 13.9 Å². The van der Waals surface area contributed by atoms with Crippen molar-refractivity contribution in [1.82, 2.24) is 29.7 Å². The Morgan fingerprint density at radius 2 is 1.97 bits per heavy atom. The third kappa shape index (κ3) is 6.61. The molecule has 0 spiro atoms. The van der Waals surface area contributed by atoms with E-state index in [1.54, 1.807) is 37.2 Å². The minimum absolute atomic E-state index is 0.132. The van der Waals surface area contributed by atoms with E-state index >= 15 is 0 Å². The van der Waals surface area contributed by atoms with Crippen molar-refractivity contribution >= 4 is 11.8 Å². The van der Waals surface area contributed by atoms with Crippen LogP contribution >= 0.6 is 0 Å². The molecule has 2 amide bonds. The SMILES string of the molecule is COCCN1CCC(c2cccc(F)c2)C1.Cc1c(-c2cnn(C)n2)nn(-c2ccccc2)c1NC(N)=O. The number of anilines is 1. The number of methoxy groups -OCH3 is 1. The second-order valence-electron chi connectivity index (χ2n) is 9.11. The van der Waals surface area contributed by atoms with Gasteiger partial charge in [-0.2, -0.15) is 20.1 Å². The van der Waals surface area contributed by atoms with Crippen molar-refractivity contribution in [1.29, 1.82) is 0 Å². The normalized spacial score (nSPS) is 15.2. The first-order chi connectivity index (χ1) is 18.4. The first-order valence-corrected chi connectivity index (χ1v) is 12.4. The number of halogens is 1. The standard InChI is InChI=1S/C14H15N7O.C13H18FNO/c1-9-12(11-8-16-20(2)18-11)19-21(13(9)17-14(15)22)10-6-4-3-5-7-10;1-16-8-7-15-6-5-12(10-15)11-3-2-4-13(14)9-11/h3-8H,1-2H3,(H3,15,17,22);2-4,9,12H,5-8,10H2,1H3. The molecule has 0 radical (unpaired) electrons. The van der Waals surface area contributed by atoms with Crippen molar-refractivity contribution in [2.45, 2.75) is 19.3 Å². The van der Waals surface area contributed by atoms with E-state index < -0.39 is 6.03 Å². The van der Waals surface area contributed by atoms with Crippen LogP contribution < -0.4 is 11.1 Å². The molecule has 10 nitrogen and oxygen atoms in total. The van der Waals surface area contributed by atoms with Gasteiger partial charge in [0.2, 0.25) is 0 Å². The molecule has 1 aliphatic rings. The Morgan fingerprint density at radius 3 is 2.63 bits per heavy atom. The molecule has 3 heterocycles. The number of carbonyl (C=O) groups is 1. The van der Waals surface area contributed by atoms with Crippen molar-refractivity contribution in [2.75, 3.05) is 38.7 Å². The predicted molar refractivity (Wildman–Crippen MR) is 144 cm³/mol. The Bertz CT molecular complexity index is 1350. The van der Waals surface area contributed by atoms with E-state index in [-0.39, 0.29) is 5.82 Å². The highest BCUT2D eigenvalue weighted by atomic mass is 19.1. The molecule has 0 saturated carbocycles. The van der Waals surface area contributed by atoms with Gasteiger partial charge in [-0.15, -0.1) is 0 Å². The summed E-state index contributed by atoms with van der Waals surface area (Å²) < 4.78 is 19.8. The maximum absolute atomic E-state index is 13.1. The molecule has 11 heteroatoms. The number of urea groups is 1. The van der Waals surface area contributed by atoms with Crippen molar-refractivity contribution in [3.8, 4) is 17.1 Å². The molecular weight excluding hydrogens is 487 g/mol. The summed E-state index contributed by atoms with van der Waals surface area (Å²) in [7, 11) is 3.45. The second-order valence-corrected chi connectivity index (χ2v) is 9.11. The van der Waals surface area contributed by atoms with Crippen LogP contribution in [0.15, 0.2) is 60.8 Å². The summed E-state index contributed by atoms with van der Waals surface area (Å²) in [5, 5.41) is 15.5. The lowest BCUT2D eigenvalue weighted by Crippen LogP contribution is -2.24. The monoisotopic (exact) mass is 520 g/mol. The van der Waals surface area contributed by atoms with E-state index in [1.807, 2.05) is 43.3 Å². The first-order valence-electron chi connectivity index (χ1n) is 12.4. The van der Waals surface area contributed by atoms with Gasteiger partial charge in [0.05, 0.1) is 18.5 Å². The van der Waals surface area contributed by atoms with Crippen LogP contribution in [0, 0.1) is 12.7 Å². The molecule has 0 bridgehead atoms. The van der Waals surface area contributed by atoms with Crippen molar-refractivity contribution in [2.24, 2.45) is 12.8 Å². The molecule has 1 unspecified atom stereocenters. The van der Waals surface area contributed by atoms with E-state index in [9.17, 15) is 9.18 Å². The van der Waals surface area contributed by atoms with Crippen LogP contribution in [0.5, 0.6) is 0 Å². The molecule has 1 fully saturated rings. The Morgan fingerprint density at radius 1 is 1.18 bits per heavy atom. The van der Waals surface area contributed by atoms with Gasteiger partial charge in [0.25, 0.3) is 0 Å². The predicted octanol–water partition coefficient (Wildman–Crippen LogP) is 3.73.